The number of likely N-dealkylation sites (tertiary alicyclic amines) is 2. The quantitative estimate of drug-likeness (QED) is 0.589. The third kappa shape index (κ3) is 4.46. The van der Waals surface area contributed by atoms with Gasteiger partial charge in [0.1, 0.15) is 12.1 Å². The van der Waals surface area contributed by atoms with E-state index in [2.05, 4.69) is 20.2 Å². The first kappa shape index (κ1) is 20.0. The molecule has 2 amide bonds. The molecule has 1 aromatic carbocycles. The van der Waals surface area contributed by atoms with E-state index in [1.807, 2.05) is 0 Å². The van der Waals surface area contributed by atoms with Gasteiger partial charge in [0.05, 0.1) is 11.0 Å². The number of non-ortho nitro benzene ring substituents is 1. The van der Waals surface area contributed by atoms with E-state index in [1.54, 1.807) is 4.90 Å². The highest BCUT2D eigenvalue weighted by atomic mass is 19.1. The summed E-state index contributed by atoms with van der Waals surface area (Å²) in [7, 11) is 0. The van der Waals surface area contributed by atoms with Crippen LogP contribution in [-0.4, -0.2) is 62.9 Å². The minimum absolute atomic E-state index is 0.00409. The summed E-state index contributed by atoms with van der Waals surface area (Å²) in [6.07, 6.45) is 4.56. The van der Waals surface area contributed by atoms with Crippen LogP contribution in [0.5, 0.6) is 11.6 Å². The summed E-state index contributed by atoms with van der Waals surface area (Å²) in [5, 5.41) is 13.4. The first-order valence-electron chi connectivity index (χ1n) is 9.73. The van der Waals surface area contributed by atoms with Crippen LogP contribution < -0.4 is 10.1 Å². The summed E-state index contributed by atoms with van der Waals surface area (Å²) in [5.41, 5.74) is -0.381. The molecule has 11 heteroatoms. The van der Waals surface area contributed by atoms with Crippen LogP contribution in [0.25, 0.3) is 0 Å². The normalized spacial score (nSPS) is 19.1. The summed E-state index contributed by atoms with van der Waals surface area (Å²) in [6.45, 7) is 3.53. The lowest BCUT2D eigenvalue weighted by Gasteiger charge is -2.23. The molecular weight excluding hydrogens is 395 g/mol. The monoisotopic (exact) mass is 416 g/mol. The molecule has 1 atom stereocenters. The number of nitro groups is 1. The van der Waals surface area contributed by atoms with Crippen LogP contribution in [0, 0.1) is 15.9 Å². The molecule has 2 saturated heterocycles. The summed E-state index contributed by atoms with van der Waals surface area (Å²) in [6, 6.07) is 4.55. The first-order chi connectivity index (χ1) is 14.5. The number of amides is 2. The fraction of sp³-hybridized carbons (Fsp3) is 0.421. The highest BCUT2D eigenvalue weighted by molar-refractivity contribution is 5.88. The van der Waals surface area contributed by atoms with E-state index in [9.17, 15) is 19.3 Å². The molecular formula is C19H21FN6O4. The number of rotatable bonds is 5. The largest absolute Gasteiger partial charge is 0.436 e. The molecule has 2 fully saturated rings. The van der Waals surface area contributed by atoms with Crippen LogP contribution in [0.2, 0.25) is 0 Å². The first-order valence-corrected chi connectivity index (χ1v) is 9.73. The number of hydrogen-bond acceptors (Lipinski definition) is 7. The second-order valence-electron chi connectivity index (χ2n) is 7.28. The van der Waals surface area contributed by atoms with Crippen LogP contribution >= 0.6 is 0 Å². The van der Waals surface area contributed by atoms with Gasteiger partial charge in [-0.1, -0.05) is 0 Å². The number of carbonyl (C=O) groups excluding carboxylic acids is 1. The lowest BCUT2D eigenvalue weighted by molar-refractivity contribution is -0.385. The van der Waals surface area contributed by atoms with Crippen LogP contribution in [-0.2, 0) is 0 Å². The SMILES string of the molecule is O=C(Nc1cc(Oc2ccc([N+](=O)[O-])cc2F)ncn1)N1CC[C@H](N2CCCC2)C1. The van der Waals surface area contributed by atoms with Gasteiger partial charge in [0.15, 0.2) is 11.6 Å². The summed E-state index contributed by atoms with van der Waals surface area (Å²) < 4.78 is 19.4. The van der Waals surface area contributed by atoms with Crippen molar-refractivity contribution in [2.75, 3.05) is 31.5 Å². The zero-order valence-electron chi connectivity index (χ0n) is 16.2. The van der Waals surface area contributed by atoms with E-state index < -0.39 is 10.7 Å². The van der Waals surface area contributed by atoms with Crippen molar-refractivity contribution in [3.63, 3.8) is 0 Å². The fourth-order valence-electron chi connectivity index (χ4n) is 3.78. The minimum Gasteiger partial charge on any atom is -0.436 e. The Bertz CT molecular complexity index is 952. The lowest BCUT2D eigenvalue weighted by atomic mass is 10.2. The molecule has 2 aromatic rings. The number of nitrogens with one attached hydrogen (secondary N) is 1. The molecule has 1 aromatic heterocycles. The highest BCUT2D eigenvalue weighted by Gasteiger charge is 2.31. The third-order valence-electron chi connectivity index (χ3n) is 5.33. The van der Waals surface area contributed by atoms with Crippen molar-refractivity contribution >= 4 is 17.5 Å². The van der Waals surface area contributed by atoms with Gasteiger partial charge in [-0.3, -0.25) is 20.3 Å². The average molecular weight is 416 g/mol. The number of carbonyl (C=O) groups is 1. The maximum absolute atomic E-state index is 14.0. The highest BCUT2D eigenvalue weighted by Crippen LogP contribution is 2.27. The van der Waals surface area contributed by atoms with Gasteiger partial charge < -0.3 is 9.64 Å². The maximum atomic E-state index is 14.0. The lowest BCUT2D eigenvalue weighted by Crippen LogP contribution is -2.38. The predicted octanol–water partition coefficient (Wildman–Crippen LogP) is 3.02. The Morgan fingerprint density at radius 3 is 2.77 bits per heavy atom. The van der Waals surface area contributed by atoms with E-state index in [4.69, 9.17) is 4.74 Å². The molecule has 10 nitrogen and oxygen atoms in total. The standard InChI is InChI=1S/C19H21FN6O4/c20-15-9-13(26(28)29)3-4-16(15)30-18-10-17(21-12-22-18)23-19(27)25-8-5-14(11-25)24-6-1-2-7-24/h3-4,9-10,12,14H,1-2,5-8,11H2,(H,21,22,23,27)/t14-/m0/s1. The van der Waals surface area contributed by atoms with Crippen LogP contribution in [0.15, 0.2) is 30.6 Å². The van der Waals surface area contributed by atoms with Gasteiger partial charge in [-0.2, -0.15) is 0 Å². The summed E-state index contributed by atoms with van der Waals surface area (Å²) in [4.78, 5) is 34.7. The number of nitrogens with zero attached hydrogens (tertiary/aromatic N) is 5. The van der Waals surface area contributed by atoms with Crippen molar-refractivity contribution in [3.05, 3.63) is 46.5 Å². The number of anilines is 1. The Balaban J connectivity index is 1.37. The average Bonchev–Trinajstić information content (AvgIpc) is 3.41. The molecule has 0 saturated carbocycles. The molecule has 0 radical (unpaired) electrons. The predicted molar refractivity (Wildman–Crippen MR) is 105 cm³/mol. The van der Waals surface area contributed by atoms with Gasteiger partial charge in [0, 0.05) is 31.3 Å². The number of ether oxygens (including phenoxy) is 1. The fourth-order valence-corrected chi connectivity index (χ4v) is 3.78. The number of halogens is 1. The summed E-state index contributed by atoms with van der Waals surface area (Å²) >= 11 is 0. The Kier molecular flexibility index (Phi) is 5.70. The third-order valence-corrected chi connectivity index (χ3v) is 5.33. The molecule has 0 unspecified atom stereocenters. The molecule has 30 heavy (non-hydrogen) atoms. The molecule has 158 valence electrons. The van der Waals surface area contributed by atoms with Gasteiger partial charge in [-0.15, -0.1) is 0 Å². The number of benzene rings is 1. The van der Waals surface area contributed by atoms with E-state index in [1.165, 1.54) is 25.2 Å². The molecule has 0 bridgehead atoms. The smallest absolute Gasteiger partial charge is 0.323 e. The van der Waals surface area contributed by atoms with Gasteiger partial charge in [-0.25, -0.2) is 19.2 Å². The van der Waals surface area contributed by atoms with Crippen LogP contribution in [0.3, 0.4) is 0 Å². The van der Waals surface area contributed by atoms with E-state index in [-0.39, 0.29) is 29.2 Å². The van der Waals surface area contributed by atoms with Crippen molar-refractivity contribution in [3.8, 4) is 11.6 Å². The molecule has 0 aliphatic carbocycles. The number of hydrogen-bond donors (Lipinski definition) is 1. The maximum Gasteiger partial charge on any atom is 0.323 e. The Morgan fingerprint density at radius 2 is 2.03 bits per heavy atom. The zero-order valence-corrected chi connectivity index (χ0v) is 16.2. The van der Waals surface area contributed by atoms with E-state index in [0.29, 0.717) is 19.1 Å². The van der Waals surface area contributed by atoms with E-state index in [0.717, 1.165) is 37.7 Å². The van der Waals surface area contributed by atoms with E-state index >= 15 is 0 Å². The Hall–Kier alpha value is -3.34. The number of aromatic nitrogens is 2. The Labute approximate surface area is 171 Å². The van der Waals surface area contributed by atoms with Crippen LogP contribution in [0.1, 0.15) is 19.3 Å². The van der Waals surface area contributed by atoms with Crippen molar-refractivity contribution in [2.24, 2.45) is 0 Å². The molecule has 4 rings (SSSR count). The zero-order chi connectivity index (χ0) is 21.1. The van der Waals surface area contributed by atoms with Crippen molar-refractivity contribution in [2.45, 2.75) is 25.3 Å². The summed E-state index contributed by atoms with van der Waals surface area (Å²) in [5.74, 6) is -0.885. The van der Waals surface area contributed by atoms with Crippen molar-refractivity contribution < 1.29 is 18.8 Å². The molecule has 3 heterocycles. The molecule has 0 spiro atoms. The van der Waals surface area contributed by atoms with Gasteiger partial charge in [0.25, 0.3) is 5.69 Å². The second-order valence-corrected chi connectivity index (χ2v) is 7.28. The minimum atomic E-state index is -0.890. The van der Waals surface area contributed by atoms with Crippen molar-refractivity contribution in [1.29, 1.82) is 0 Å². The van der Waals surface area contributed by atoms with Crippen molar-refractivity contribution in [1.82, 2.24) is 19.8 Å². The van der Waals surface area contributed by atoms with Crippen LogP contribution in [0.4, 0.5) is 20.7 Å². The number of nitro benzene ring substituents is 1. The molecule has 1 N–H and O–H groups in total. The van der Waals surface area contributed by atoms with Gasteiger partial charge in [0.2, 0.25) is 5.88 Å². The number of urea groups is 1. The topological polar surface area (TPSA) is 114 Å². The van der Waals surface area contributed by atoms with Gasteiger partial charge >= 0.3 is 6.03 Å². The molecule has 2 aliphatic heterocycles. The van der Waals surface area contributed by atoms with Gasteiger partial charge in [-0.05, 0) is 38.4 Å². The molecule has 2 aliphatic rings. The second kappa shape index (κ2) is 8.57. The Morgan fingerprint density at radius 1 is 1.23 bits per heavy atom.